The third-order valence-corrected chi connectivity index (χ3v) is 4.31. The van der Waals surface area contributed by atoms with Crippen molar-refractivity contribution < 1.29 is 14.7 Å². The fourth-order valence-electron chi connectivity index (χ4n) is 2.61. The zero-order valence-electron chi connectivity index (χ0n) is 12.3. The van der Waals surface area contributed by atoms with Gasteiger partial charge in [0, 0.05) is 0 Å². The lowest BCUT2D eigenvalue weighted by molar-refractivity contribution is -0.138. The monoisotopic (exact) mass is 309 g/mol. The normalized spacial score (nSPS) is 28.6. The lowest BCUT2D eigenvalue weighted by Crippen LogP contribution is -2.26. The Morgan fingerprint density at radius 3 is 2.81 bits per heavy atom. The van der Waals surface area contributed by atoms with Crippen molar-refractivity contribution in [2.45, 2.75) is 45.3 Å². The molecule has 1 aliphatic heterocycles. The van der Waals surface area contributed by atoms with E-state index < -0.39 is 11.2 Å². The lowest BCUT2D eigenvalue weighted by atomic mass is 9.77. The molecule has 0 aromatic carbocycles. The van der Waals surface area contributed by atoms with Crippen LogP contribution in [0.25, 0.3) is 0 Å². The van der Waals surface area contributed by atoms with Gasteiger partial charge in [0.1, 0.15) is 5.25 Å². The van der Waals surface area contributed by atoms with Gasteiger partial charge in [0.15, 0.2) is 5.17 Å². The van der Waals surface area contributed by atoms with Gasteiger partial charge in [-0.25, -0.2) is 0 Å². The molecule has 1 atom stereocenters. The number of amidine groups is 1. The number of rotatable bonds is 3. The molecule has 0 aromatic heterocycles. The second kappa shape index (κ2) is 6.01. The second-order valence-corrected chi connectivity index (χ2v) is 7.39. The van der Waals surface area contributed by atoms with Crippen LogP contribution >= 0.6 is 11.8 Å². The van der Waals surface area contributed by atoms with E-state index in [4.69, 9.17) is 5.11 Å². The van der Waals surface area contributed by atoms with Crippen molar-refractivity contribution in [2.24, 2.45) is 15.6 Å². The standard InChI is InChI=1S/C14H19N3O3S/c1-8-4-9(7-14(2,3)6-8)16-17-13-15-12(20)10(21-13)5-11(18)19/h4,10H,5-7H2,1-3H3,(H,18,19)(H,15,17,20)/b16-9-. The first-order valence-electron chi connectivity index (χ1n) is 6.76. The predicted octanol–water partition coefficient (Wildman–Crippen LogP) is 2.17. The van der Waals surface area contributed by atoms with Gasteiger partial charge in [0.05, 0.1) is 12.1 Å². The number of thioether (sulfide) groups is 1. The maximum Gasteiger partial charge on any atom is 0.305 e. The number of nitrogens with zero attached hydrogens (tertiary/aromatic N) is 2. The van der Waals surface area contributed by atoms with Gasteiger partial charge in [0.2, 0.25) is 5.91 Å². The predicted molar refractivity (Wildman–Crippen MR) is 83.4 cm³/mol. The molecule has 1 unspecified atom stereocenters. The summed E-state index contributed by atoms with van der Waals surface area (Å²) >= 11 is 1.12. The van der Waals surface area contributed by atoms with Crippen molar-refractivity contribution in [1.29, 1.82) is 0 Å². The van der Waals surface area contributed by atoms with E-state index in [9.17, 15) is 9.59 Å². The Bertz CT molecular complexity index is 564. The molecule has 1 fully saturated rings. The number of hydrogen-bond donors (Lipinski definition) is 2. The van der Waals surface area contributed by atoms with Crippen LogP contribution in [0.5, 0.6) is 0 Å². The first-order chi connectivity index (χ1) is 9.75. The highest BCUT2D eigenvalue weighted by molar-refractivity contribution is 8.15. The number of nitrogens with one attached hydrogen (secondary N) is 1. The van der Waals surface area contributed by atoms with Crippen LogP contribution in [0.15, 0.2) is 21.9 Å². The summed E-state index contributed by atoms with van der Waals surface area (Å²) < 4.78 is 0. The summed E-state index contributed by atoms with van der Waals surface area (Å²) in [6.45, 7) is 6.43. The van der Waals surface area contributed by atoms with E-state index in [0.29, 0.717) is 5.17 Å². The number of carboxylic acids is 1. The number of carboxylic acid groups (broad SMARTS) is 1. The van der Waals surface area contributed by atoms with E-state index >= 15 is 0 Å². The van der Waals surface area contributed by atoms with Crippen LogP contribution in [0.4, 0.5) is 0 Å². The van der Waals surface area contributed by atoms with Gasteiger partial charge < -0.3 is 10.4 Å². The zero-order valence-corrected chi connectivity index (χ0v) is 13.2. The highest BCUT2D eigenvalue weighted by atomic mass is 32.2. The quantitative estimate of drug-likeness (QED) is 0.782. The Labute approximate surface area is 127 Å². The molecule has 1 heterocycles. The number of amides is 1. The van der Waals surface area contributed by atoms with Crippen LogP contribution in [-0.4, -0.2) is 33.1 Å². The Morgan fingerprint density at radius 2 is 2.19 bits per heavy atom. The summed E-state index contributed by atoms with van der Waals surface area (Å²) in [5.74, 6) is -1.32. The molecular weight excluding hydrogens is 290 g/mol. The minimum atomic E-state index is -0.997. The number of hydrogen-bond acceptors (Lipinski definition) is 5. The molecule has 114 valence electrons. The second-order valence-electron chi connectivity index (χ2n) is 6.20. The third-order valence-electron chi connectivity index (χ3n) is 3.24. The summed E-state index contributed by atoms with van der Waals surface area (Å²) in [4.78, 5) is 22.2. The van der Waals surface area contributed by atoms with E-state index in [0.717, 1.165) is 30.3 Å². The SMILES string of the molecule is CC1=C/C(=N/N=C2/NC(=O)C(CC(=O)O)S2)CC(C)(C)C1. The van der Waals surface area contributed by atoms with Crippen LogP contribution in [0.1, 0.15) is 40.0 Å². The Kier molecular flexibility index (Phi) is 4.51. The molecule has 1 amide bonds. The molecule has 0 bridgehead atoms. The summed E-state index contributed by atoms with van der Waals surface area (Å²) in [5.41, 5.74) is 2.31. The van der Waals surface area contributed by atoms with E-state index in [1.807, 2.05) is 6.08 Å². The van der Waals surface area contributed by atoms with Crippen LogP contribution in [0.3, 0.4) is 0 Å². The molecule has 0 spiro atoms. The van der Waals surface area contributed by atoms with E-state index in [1.165, 1.54) is 5.57 Å². The average molecular weight is 309 g/mol. The molecule has 0 saturated carbocycles. The molecule has 0 aromatic rings. The number of aliphatic carboxylic acids is 1. The van der Waals surface area contributed by atoms with Crippen molar-refractivity contribution in [3.05, 3.63) is 11.6 Å². The van der Waals surface area contributed by atoms with Gasteiger partial charge in [-0.3, -0.25) is 9.59 Å². The molecule has 6 nitrogen and oxygen atoms in total. The van der Waals surface area contributed by atoms with Gasteiger partial charge >= 0.3 is 5.97 Å². The third kappa shape index (κ3) is 4.42. The van der Waals surface area contributed by atoms with Crippen LogP contribution in [0, 0.1) is 5.41 Å². The lowest BCUT2D eigenvalue weighted by Gasteiger charge is -2.28. The van der Waals surface area contributed by atoms with E-state index in [-0.39, 0.29) is 17.7 Å². The minimum Gasteiger partial charge on any atom is -0.481 e. The molecular formula is C14H19N3O3S. The molecule has 0 radical (unpaired) electrons. The van der Waals surface area contributed by atoms with Crippen LogP contribution in [0.2, 0.25) is 0 Å². The van der Waals surface area contributed by atoms with Crippen molar-refractivity contribution >= 4 is 34.5 Å². The molecule has 21 heavy (non-hydrogen) atoms. The first kappa shape index (κ1) is 15.8. The largest absolute Gasteiger partial charge is 0.481 e. The molecule has 2 rings (SSSR count). The van der Waals surface area contributed by atoms with Gasteiger partial charge in [-0.2, -0.15) is 5.10 Å². The van der Waals surface area contributed by atoms with Crippen LogP contribution < -0.4 is 5.32 Å². The van der Waals surface area contributed by atoms with Gasteiger partial charge in [-0.05, 0) is 31.3 Å². The highest BCUT2D eigenvalue weighted by Gasteiger charge is 2.32. The Morgan fingerprint density at radius 1 is 1.48 bits per heavy atom. The van der Waals surface area contributed by atoms with Gasteiger partial charge in [-0.15, -0.1) is 5.10 Å². The molecule has 1 saturated heterocycles. The maximum absolute atomic E-state index is 11.6. The van der Waals surface area contributed by atoms with Gasteiger partial charge in [-0.1, -0.05) is 31.2 Å². The highest BCUT2D eigenvalue weighted by Crippen LogP contribution is 2.33. The Hall–Kier alpha value is -1.63. The zero-order chi connectivity index (χ0) is 15.6. The van der Waals surface area contributed by atoms with Crippen molar-refractivity contribution in [2.75, 3.05) is 0 Å². The Balaban J connectivity index is 2.08. The van der Waals surface area contributed by atoms with Crippen molar-refractivity contribution in [3.63, 3.8) is 0 Å². The van der Waals surface area contributed by atoms with Crippen LogP contribution in [-0.2, 0) is 9.59 Å². The average Bonchev–Trinajstić information content (AvgIpc) is 2.64. The first-order valence-corrected chi connectivity index (χ1v) is 7.64. The number of allylic oxidation sites excluding steroid dienone is 2. The van der Waals surface area contributed by atoms with Crippen molar-refractivity contribution in [1.82, 2.24) is 5.32 Å². The van der Waals surface area contributed by atoms with E-state index in [2.05, 4.69) is 36.3 Å². The molecule has 2 N–H and O–H groups in total. The summed E-state index contributed by atoms with van der Waals surface area (Å²) in [6.07, 6.45) is 3.68. The van der Waals surface area contributed by atoms with Crippen molar-refractivity contribution in [3.8, 4) is 0 Å². The fraction of sp³-hybridized carbons (Fsp3) is 0.571. The number of carbonyl (C=O) groups excluding carboxylic acids is 1. The van der Waals surface area contributed by atoms with E-state index in [1.54, 1.807) is 0 Å². The topological polar surface area (TPSA) is 91.1 Å². The summed E-state index contributed by atoms with van der Waals surface area (Å²) in [5, 5.41) is 19.3. The van der Waals surface area contributed by atoms with Gasteiger partial charge in [0.25, 0.3) is 0 Å². The molecule has 7 heteroatoms. The summed E-state index contributed by atoms with van der Waals surface area (Å²) in [6, 6.07) is 0. The number of carbonyl (C=O) groups is 2. The fourth-order valence-corrected chi connectivity index (χ4v) is 3.52. The smallest absolute Gasteiger partial charge is 0.305 e. The molecule has 2 aliphatic rings. The maximum atomic E-state index is 11.6. The minimum absolute atomic E-state index is 0.162. The molecule has 1 aliphatic carbocycles. The summed E-state index contributed by atoms with van der Waals surface area (Å²) in [7, 11) is 0.